The number of rotatable bonds is 2. The van der Waals surface area contributed by atoms with E-state index in [9.17, 15) is 18.8 Å². The lowest BCUT2D eigenvalue weighted by Gasteiger charge is -2.41. The molecule has 0 spiro atoms. The molecule has 3 rings (SSSR count). The number of amides is 3. The Morgan fingerprint density at radius 2 is 1.95 bits per heavy atom. The van der Waals surface area contributed by atoms with E-state index >= 15 is 0 Å². The third-order valence-corrected chi connectivity index (χ3v) is 3.40. The van der Waals surface area contributed by atoms with Crippen molar-refractivity contribution in [3.8, 4) is 0 Å². The molecule has 0 aliphatic carbocycles. The van der Waals surface area contributed by atoms with E-state index in [1.807, 2.05) is 0 Å². The van der Waals surface area contributed by atoms with Crippen LogP contribution in [0.5, 0.6) is 0 Å². The zero-order chi connectivity index (χ0) is 14.3. The van der Waals surface area contributed by atoms with Gasteiger partial charge >= 0.3 is 6.09 Å². The Balaban J connectivity index is 1.66. The van der Waals surface area contributed by atoms with Gasteiger partial charge in [0.15, 0.2) is 6.61 Å². The first kappa shape index (κ1) is 12.6. The van der Waals surface area contributed by atoms with Gasteiger partial charge in [-0.3, -0.25) is 9.59 Å². The fourth-order valence-electron chi connectivity index (χ4n) is 2.31. The van der Waals surface area contributed by atoms with Crippen LogP contribution in [0.15, 0.2) is 24.3 Å². The Hall–Kier alpha value is -2.44. The number of carbonyl (C=O) groups excluding carboxylic acids is 3. The second-order valence-corrected chi connectivity index (χ2v) is 4.66. The van der Waals surface area contributed by atoms with E-state index in [2.05, 4.69) is 4.74 Å². The van der Waals surface area contributed by atoms with Crippen molar-refractivity contribution in [2.45, 2.75) is 6.04 Å². The minimum absolute atomic E-state index is 0.0127. The number of benzene rings is 1. The Bertz CT molecular complexity index is 582. The summed E-state index contributed by atoms with van der Waals surface area (Å²) in [4.78, 5) is 37.2. The van der Waals surface area contributed by atoms with E-state index < -0.39 is 23.7 Å². The third-order valence-electron chi connectivity index (χ3n) is 3.40. The smallest absolute Gasteiger partial charge is 0.417 e. The summed E-state index contributed by atoms with van der Waals surface area (Å²) >= 11 is 0. The Morgan fingerprint density at radius 1 is 1.25 bits per heavy atom. The van der Waals surface area contributed by atoms with Gasteiger partial charge in [0.25, 0.3) is 11.8 Å². The van der Waals surface area contributed by atoms with E-state index in [-0.39, 0.29) is 31.3 Å². The maximum atomic E-state index is 13.5. The van der Waals surface area contributed by atoms with E-state index in [1.165, 1.54) is 23.1 Å². The maximum absolute atomic E-state index is 13.5. The molecule has 0 N–H and O–H groups in total. The third kappa shape index (κ3) is 1.91. The summed E-state index contributed by atoms with van der Waals surface area (Å²) in [6.45, 7) is 0.151. The largest absolute Gasteiger partial charge is 0.439 e. The van der Waals surface area contributed by atoms with Crippen LogP contribution >= 0.6 is 0 Å². The molecule has 1 aromatic rings. The summed E-state index contributed by atoms with van der Waals surface area (Å²) in [6.07, 6.45) is -0.682. The lowest BCUT2D eigenvalue weighted by Crippen LogP contribution is -2.62. The molecule has 0 unspecified atom stereocenters. The van der Waals surface area contributed by atoms with Gasteiger partial charge in [0.05, 0.1) is 11.6 Å². The molecule has 2 aliphatic rings. The van der Waals surface area contributed by atoms with Crippen LogP contribution in [-0.2, 0) is 9.53 Å². The van der Waals surface area contributed by atoms with Crippen molar-refractivity contribution < 1.29 is 23.5 Å². The van der Waals surface area contributed by atoms with Crippen molar-refractivity contribution in [2.24, 2.45) is 0 Å². The highest BCUT2D eigenvalue weighted by molar-refractivity contribution is 5.99. The summed E-state index contributed by atoms with van der Waals surface area (Å²) in [5.41, 5.74) is -0.0127. The number of cyclic esters (lactones) is 1. The predicted octanol–water partition coefficient (Wildman–Crippen LogP) is 0.629. The van der Waals surface area contributed by atoms with Gasteiger partial charge in [0, 0.05) is 13.1 Å². The van der Waals surface area contributed by atoms with Crippen molar-refractivity contribution >= 4 is 17.9 Å². The van der Waals surface area contributed by atoms with Gasteiger partial charge in [-0.15, -0.1) is 0 Å². The number of imide groups is 1. The normalized spacial score (nSPS) is 19.1. The summed E-state index contributed by atoms with van der Waals surface area (Å²) in [6, 6.07) is 5.32. The minimum atomic E-state index is -0.682. The molecule has 0 atom stereocenters. The Morgan fingerprint density at radius 3 is 2.55 bits per heavy atom. The molecule has 2 heterocycles. The maximum Gasteiger partial charge on any atom is 0.417 e. The first-order chi connectivity index (χ1) is 9.58. The van der Waals surface area contributed by atoms with Gasteiger partial charge in [-0.1, -0.05) is 12.1 Å². The zero-order valence-electron chi connectivity index (χ0n) is 10.4. The monoisotopic (exact) mass is 278 g/mol. The summed E-state index contributed by atoms with van der Waals surface area (Å²) in [5.74, 6) is -1.44. The van der Waals surface area contributed by atoms with Crippen molar-refractivity contribution in [3.63, 3.8) is 0 Å². The van der Waals surface area contributed by atoms with Crippen molar-refractivity contribution in [2.75, 3.05) is 19.7 Å². The quantitative estimate of drug-likeness (QED) is 0.795. The first-order valence-corrected chi connectivity index (χ1v) is 6.10. The topological polar surface area (TPSA) is 66.9 Å². The number of ether oxygens (including phenoxy) is 1. The highest BCUT2D eigenvalue weighted by Gasteiger charge is 2.44. The molecule has 104 valence electrons. The zero-order valence-corrected chi connectivity index (χ0v) is 10.4. The molecular weight excluding hydrogens is 267 g/mol. The Labute approximate surface area is 113 Å². The van der Waals surface area contributed by atoms with E-state index in [4.69, 9.17) is 0 Å². The summed E-state index contributed by atoms with van der Waals surface area (Å²) in [7, 11) is 0. The number of likely N-dealkylation sites (tertiary alicyclic amines) is 1. The van der Waals surface area contributed by atoms with Gasteiger partial charge in [0.1, 0.15) is 5.82 Å². The van der Waals surface area contributed by atoms with Gasteiger partial charge < -0.3 is 9.64 Å². The number of hydrogen-bond donors (Lipinski definition) is 0. The van der Waals surface area contributed by atoms with Crippen LogP contribution in [-0.4, -0.2) is 53.4 Å². The fraction of sp³-hybridized carbons (Fsp3) is 0.308. The lowest BCUT2D eigenvalue weighted by atomic mass is 10.0. The molecule has 7 heteroatoms. The molecule has 0 aromatic heterocycles. The van der Waals surface area contributed by atoms with Crippen LogP contribution < -0.4 is 0 Å². The fourth-order valence-corrected chi connectivity index (χ4v) is 2.31. The number of nitrogens with zero attached hydrogens (tertiary/aromatic N) is 2. The second-order valence-electron chi connectivity index (χ2n) is 4.66. The number of halogens is 1. The molecule has 0 radical (unpaired) electrons. The minimum Gasteiger partial charge on any atom is -0.439 e. The van der Waals surface area contributed by atoms with Crippen LogP contribution in [0.4, 0.5) is 9.18 Å². The van der Waals surface area contributed by atoms with Crippen LogP contribution in [0.2, 0.25) is 0 Å². The van der Waals surface area contributed by atoms with Crippen molar-refractivity contribution in [3.05, 3.63) is 35.6 Å². The molecule has 2 fully saturated rings. The predicted molar refractivity (Wildman–Crippen MR) is 64.3 cm³/mol. The molecule has 0 bridgehead atoms. The SMILES string of the molecule is O=C(c1ccccc1F)N1CC(N2C(=O)COC2=O)C1. The molecule has 2 saturated heterocycles. The van der Waals surface area contributed by atoms with Crippen molar-refractivity contribution in [1.82, 2.24) is 9.80 Å². The van der Waals surface area contributed by atoms with Gasteiger partial charge in [0.2, 0.25) is 0 Å². The van der Waals surface area contributed by atoms with E-state index in [0.29, 0.717) is 0 Å². The molecule has 20 heavy (non-hydrogen) atoms. The number of carbonyl (C=O) groups is 3. The van der Waals surface area contributed by atoms with Gasteiger partial charge in [-0.25, -0.2) is 14.1 Å². The van der Waals surface area contributed by atoms with Crippen LogP contribution in [0.25, 0.3) is 0 Å². The van der Waals surface area contributed by atoms with Gasteiger partial charge in [-0.05, 0) is 12.1 Å². The first-order valence-electron chi connectivity index (χ1n) is 6.10. The molecule has 1 aromatic carbocycles. The van der Waals surface area contributed by atoms with Gasteiger partial charge in [-0.2, -0.15) is 0 Å². The molecule has 6 nitrogen and oxygen atoms in total. The van der Waals surface area contributed by atoms with E-state index in [1.54, 1.807) is 6.07 Å². The average molecular weight is 278 g/mol. The highest BCUT2D eigenvalue weighted by Crippen LogP contribution is 2.22. The molecular formula is C13H11FN2O4. The highest BCUT2D eigenvalue weighted by atomic mass is 19.1. The van der Waals surface area contributed by atoms with Crippen LogP contribution in [0, 0.1) is 5.82 Å². The number of hydrogen-bond acceptors (Lipinski definition) is 4. The van der Waals surface area contributed by atoms with E-state index in [0.717, 1.165) is 4.90 Å². The lowest BCUT2D eigenvalue weighted by molar-refractivity contribution is -0.129. The average Bonchev–Trinajstić information content (AvgIpc) is 2.69. The van der Waals surface area contributed by atoms with Crippen LogP contribution in [0.3, 0.4) is 0 Å². The molecule has 0 saturated carbocycles. The molecule has 2 aliphatic heterocycles. The standard InChI is InChI=1S/C13H11FN2O4/c14-10-4-2-1-3-9(10)12(18)15-5-8(6-15)16-11(17)7-20-13(16)19/h1-4,8H,5-7H2. The van der Waals surface area contributed by atoms with Crippen molar-refractivity contribution in [1.29, 1.82) is 0 Å². The summed E-state index contributed by atoms with van der Waals surface area (Å²) < 4.78 is 18.1. The summed E-state index contributed by atoms with van der Waals surface area (Å²) in [5, 5.41) is 0. The second kappa shape index (κ2) is 4.59. The molecule has 3 amide bonds. The Kier molecular flexibility index (Phi) is 2.89. The van der Waals surface area contributed by atoms with Crippen LogP contribution in [0.1, 0.15) is 10.4 Å².